The largest absolute Gasteiger partial charge is 0.304 e. The number of imidazole rings is 1. The fourth-order valence-corrected chi connectivity index (χ4v) is 3.01. The number of piperidine rings is 1. The first-order chi connectivity index (χ1) is 8.86. The Kier molecular flexibility index (Phi) is 3.33. The van der Waals surface area contributed by atoms with Gasteiger partial charge in [0.05, 0.1) is 11.7 Å². The van der Waals surface area contributed by atoms with Gasteiger partial charge < -0.3 is 9.30 Å². The van der Waals surface area contributed by atoms with Gasteiger partial charge in [-0.3, -0.25) is 0 Å². The number of hydrogen-bond donors (Lipinski definition) is 0. The molecule has 3 rings (SSSR count). The minimum atomic E-state index is 0.768. The maximum Gasteiger partial charge on any atom is 0.113 e. The van der Waals surface area contributed by atoms with Gasteiger partial charge in [-0.25, -0.2) is 4.98 Å². The van der Waals surface area contributed by atoms with Gasteiger partial charge in [-0.15, -0.1) is 0 Å². The van der Waals surface area contributed by atoms with E-state index in [9.17, 15) is 0 Å². The number of hydrogen-bond acceptors (Lipinski definition) is 2. The maximum absolute atomic E-state index is 4.58. The Morgan fingerprint density at radius 3 is 3.22 bits per heavy atom. The van der Waals surface area contributed by atoms with Crippen LogP contribution in [0.15, 0.2) is 30.6 Å². The zero-order valence-electron chi connectivity index (χ0n) is 11.0. The van der Waals surface area contributed by atoms with Crippen molar-refractivity contribution in [3.05, 3.63) is 36.4 Å². The van der Waals surface area contributed by atoms with E-state index in [1.165, 1.54) is 43.8 Å². The lowest BCUT2D eigenvalue weighted by atomic mass is 9.94. The molecule has 1 atom stereocenters. The Bertz CT molecular complexity index is 517. The molecule has 1 aliphatic heterocycles. The second kappa shape index (κ2) is 5.11. The Morgan fingerprint density at radius 2 is 2.33 bits per heavy atom. The maximum atomic E-state index is 4.58. The lowest BCUT2D eigenvalue weighted by molar-refractivity contribution is 0.180. The van der Waals surface area contributed by atoms with Crippen LogP contribution in [0.25, 0.3) is 5.52 Å². The topological polar surface area (TPSA) is 20.5 Å². The summed E-state index contributed by atoms with van der Waals surface area (Å²) in [5.74, 6) is 1.98. The molecule has 3 heterocycles. The number of rotatable bonds is 3. The third kappa shape index (κ3) is 2.27. The molecular weight excluding hydrogens is 222 g/mol. The molecule has 0 radical (unpaired) electrons. The predicted octanol–water partition coefficient (Wildman–Crippen LogP) is 2.61. The molecule has 1 unspecified atom stereocenters. The van der Waals surface area contributed by atoms with Crippen molar-refractivity contribution in [3.8, 4) is 0 Å². The highest BCUT2D eigenvalue weighted by Crippen LogP contribution is 2.20. The van der Waals surface area contributed by atoms with Crippen LogP contribution in [0.5, 0.6) is 0 Å². The Labute approximate surface area is 108 Å². The molecule has 3 nitrogen and oxygen atoms in total. The number of pyridine rings is 1. The lowest BCUT2D eigenvalue weighted by Crippen LogP contribution is -2.36. The average molecular weight is 243 g/mol. The van der Waals surface area contributed by atoms with E-state index in [1.54, 1.807) is 0 Å². The van der Waals surface area contributed by atoms with Crippen molar-refractivity contribution in [2.45, 2.75) is 26.2 Å². The third-order valence-electron chi connectivity index (χ3n) is 4.04. The predicted molar refractivity (Wildman–Crippen MR) is 73.7 cm³/mol. The monoisotopic (exact) mass is 243 g/mol. The number of nitrogens with zero attached hydrogens (tertiary/aromatic N) is 3. The summed E-state index contributed by atoms with van der Waals surface area (Å²) >= 11 is 0. The van der Waals surface area contributed by atoms with Crippen LogP contribution in [0.3, 0.4) is 0 Å². The first-order valence-corrected chi connectivity index (χ1v) is 7.00. The Morgan fingerprint density at radius 1 is 1.39 bits per heavy atom. The average Bonchev–Trinajstić information content (AvgIpc) is 2.83. The molecule has 0 aromatic carbocycles. The molecule has 0 amide bonds. The molecule has 2 aromatic rings. The zero-order valence-corrected chi connectivity index (χ0v) is 11.0. The van der Waals surface area contributed by atoms with Crippen LogP contribution in [-0.4, -0.2) is 33.9 Å². The van der Waals surface area contributed by atoms with Crippen molar-refractivity contribution in [3.63, 3.8) is 0 Å². The summed E-state index contributed by atoms with van der Waals surface area (Å²) in [4.78, 5) is 7.14. The van der Waals surface area contributed by atoms with E-state index < -0.39 is 0 Å². The summed E-state index contributed by atoms with van der Waals surface area (Å²) in [6.45, 7) is 5.94. The van der Waals surface area contributed by atoms with E-state index in [2.05, 4.69) is 45.6 Å². The van der Waals surface area contributed by atoms with E-state index in [0.29, 0.717) is 0 Å². The zero-order chi connectivity index (χ0) is 12.4. The van der Waals surface area contributed by atoms with Crippen LogP contribution in [0.2, 0.25) is 0 Å². The van der Waals surface area contributed by atoms with Crippen LogP contribution in [-0.2, 0) is 6.42 Å². The van der Waals surface area contributed by atoms with Crippen molar-refractivity contribution >= 4 is 5.52 Å². The first kappa shape index (κ1) is 11.7. The molecule has 1 saturated heterocycles. The second-order valence-corrected chi connectivity index (χ2v) is 5.28. The second-order valence-electron chi connectivity index (χ2n) is 5.28. The summed E-state index contributed by atoms with van der Waals surface area (Å²) in [5, 5.41) is 0. The molecule has 0 bridgehead atoms. The third-order valence-corrected chi connectivity index (χ3v) is 4.04. The molecule has 1 fully saturated rings. The molecule has 96 valence electrons. The van der Waals surface area contributed by atoms with Gasteiger partial charge in [0.25, 0.3) is 0 Å². The molecule has 2 aromatic heterocycles. The molecular formula is C15H21N3. The highest BCUT2D eigenvalue weighted by molar-refractivity contribution is 5.45. The highest BCUT2D eigenvalue weighted by Gasteiger charge is 2.20. The summed E-state index contributed by atoms with van der Waals surface area (Å²) in [6.07, 6.45) is 7.89. The standard InChI is InChI=1S/C15H21N3/c1-2-17-8-5-6-13(12-17)10-15-16-11-14-7-3-4-9-18(14)15/h3-4,7,9,11,13H,2,5-6,8,10,12H2,1H3. The van der Waals surface area contributed by atoms with Gasteiger partial charge in [0.1, 0.15) is 5.82 Å². The normalized spacial score (nSPS) is 21.5. The van der Waals surface area contributed by atoms with E-state index in [4.69, 9.17) is 0 Å². The Balaban J connectivity index is 1.76. The van der Waals surface area contributed by atoms with Crippen molar-refractivity contribution in [1.82, 2.24) is 14.3 Å². The summed E-state index contributed by atoms with van der Waals surface area (Å²) in [6, 6.07) is 6.27. The van der Waals surface area contributed by atoms with Crippen LogP contribution < -0.4 is 0 Å². The van der Waals surface area contributed by atoms with E-state index in [-0.39, 0.29) is 0 Å². The summed E-state index contributed by atoms with van der Waals surface area (Å²) in [5.41, 5.74) is 1.20. The number of likely N-dealkylation sites (tertiary alicyclic amines) is 1. The summed E-state index contributed by atoms with van der Waals surface area (Å²) < 4.78 is 2.23. The number of fused-ring (bicyclic) bond motifs is 1. The van der Waals surface area contributed by atoms with Crippen LogP contribution in [0, 0.1) is 5.92 Å². The van der Waals surface area contributed by atoms with E-state index in [0.717, 1.165) is 12.3 Å². The molecule has 1 aliphatic rings. The van der Waals surface area contributed by atoms with Crippen LogP contribution in [0.1, 0.15) is 25.6 Å². The van der Waals surface area contributed by atoms with Crippen molar-refractivity contribution in [2.75, 3.05) is 19.6 Å². The minimum absolute atomic E-state index is 0.768. The van der Waals surface area contributed by atoms with E-state index in [1.807, 2.05) is 6.20 Å². The van der Waals surface area contributed by atoms with Gasteiger partial charge in [-0.2, -0.15) is 0 Å². The molecule has 3 heteroatoms. The quantitative estimate of drug-likeness (QED) is 0.826. The van der Waals surface area contributed by atoms with Gasteiger partial charge in [0, 0.05) is 19.2 Å². The molecule has 0 saturated carbocycles. The van der Waals surface area contributed by atoms with Crippen molar-refractivity contribution < 1.29 is 0 Å². The fourth-order valence-electron chi connectivity index (χ4n) is 3.01. The molecule has 0 spiro atoms. The SMILES string of the molecule is CCN1CCCC(Cc2ncc3ccccn23)C1. The molecule has 18 heavy (non-hydrogen) atoms. The lowest BCUT2D eigenvalue weighted by Gasteiger charge is -2.31. The number of aromatic nitrogens is 2. The van der Waals surface area contributed by atoms with Gasteiger partial charge in [0.2, 0.25) is 0 Å². The van der Waals surface area contributed by atoms with Crippen molar-refractivity contribution in [2.24, 2.45) is 5.92 Å². The van der Waals surface area contributed by atoms with Gasteiger partial charge in [-0.05, 0) is 44.0 Å². The fraction of sp³-hybridized carbons (Fsp3) is 0.533. The minimum Gasteiger partial charge on any atom is -0.304 e. The smallest absolute Gasteiger partial charge is 0.113 e. The van der Waals surface area contributed by atoms with Crippen LogP contribution >= 0.6 is 0 Å². The van der Waals surface area contributed by atoms with Crippen molar-refractivity contribution in [1.29, 1.82) is 0 Å². The van der Waals surface area contributed by atoms with E-state index >= 15 is 0 Å². The molecule has 0 N–H and O–H groups in total. The van der Waals surface area contributed by atoms with Gasteiger partial charge >= 0.3 is 0 Å². The van der Waals surface area contributed by atoms with Crippen LogP contribution in [0.4, 0.5) is 0 Å². The first-order valence-electron chi connectivity index (χ1n) is 7.00. The molecule has 0 aliphatic carbocycles. The van der Waals surface area contributed by atoms with Gasteiger partial charge in [-0.1, -0.05) is 13.0 Å². The highest BCUT2D eigenvalue weighted by atomic mass is 15.1. The van der Waals surface area contributed by atoms with Gasteiger partial charge in [0.15, 0.2) is 0 Å². The summed E-state index contributed by atoms with van der Waals surface area (Å²) in [7, 11) is 0. The Hall–Kier alpha value is -1.35.